The van der Waals surface area contributed by atoms with Crippen LogP contribution in [0.5, 0.6) is 0 Å². The van der Waals surface area contributed by atoms with Gasteiger partial charge in [-0.3, -0.25) is 9.13 Å². The number of fused-ring (bicyclic) bond motifs is 20. The van der Waals surface area contributed by atoms with Gasteiger partial charge in [-0.05, 0) is 134 Å². The Hall–Kier alpha value is -14.3. The van der Waals surface area contributed by atoms with Crippen LogP contribution in [0.3, 0.4) is 0 Å². The molecule has 106 heavy (non-hydrogen) atoms. The molecule has 0 N–H and O–H groups in total. The van der Waals surface area contributed by atoms with Crippen molar-refractivity contribution in [2.75, 3.05) is 0 Å². The zero-order chi connectivity index (χ0) is 69.0. The minimum atomic E-state index is 0.652. The van der Waals surface area contributed by atoms with Crippen molar-refractivity contribution in [2.24, 2.45) is 0 Å². The highest BCUT2D eigenvalue weighted by molar-refractivity contribution is 6.26. The van der Waals surface area contributed by atoms with Crippen LogP contribution in [0.15, 0.2) is 340 Å². The van der Waals surface area contributed by atoms with Gasteiger partial charge < -0.3 is 9.13 Å². The number of aromatic nitrogens is 8. The fraction of sp³-hybridized carbons (Fsp3) is 0. The van der Waals surface area contributed by atoms with E-state index < -0.39 is 0 Å². The van der Waals surface area contributed by atoms with Gasteiger partial charge in [0.2, 0.25) is 11.9 Å². The first-order valence-corrected chi connectivity index (χ1v) is 36.3. The number of rotatable bonds is 8. The summed E-state index contributed by atoms with van der Waals surface area (Å²) < 4.78 is 9.59. The molecular formula is C98H56N8. The van der Waals surface area contributed by atoms with Crippen LogP contribution < -0.4 is 0 Å². The summed E-state index contributed by atoms with van der Waals surface area (Å²) >= 11 is 0. The van der Waals surface area contributed by atoms with Crippen molar-refractivity contribution in [3.63, 3.8) is 0 Å². The number of hydrogen-bond acceptors (Lipinski definition) is 4. The van der Waals surface area contributed by atoms with Crippen molar-refractivity contribution < 1.29 is 0 Å². The van der Waals surface area contributed by atoms with Crippen molar-refractivity contribution in [1.29, 1.82) is 0 Å². The van der Waals surface area contributed by atoms with Crippen molar-refractivity contribution in [3.8, 4) is 113 Å². The van der Waals surface area contributed by atoms with Crippen molar-refractivity contribution in [3.05, 3.63) is 340 Å². The zero-order valence-electron chi connectivity index (χ0n) is 56.9. The molecule has 488 valence electrons. The third-order valence-electron chi connectivity index (χ3n) is 22.9. The SMILES string of the molecule is c1ccc(-c2nc(-n3c4c(c5cc(-c6ccc(-n7c8cc(-c9ccc%10c(c9)c9ccccc9n%10-c9ccc%10c%11c(cccc9%11)-c9c-%10n(-c%10nc(-c%11ccccc%11)c%11ccccc%11n%10)c%10ccccc9%10)ccc8c8c9ccccc9ccc87)cc6)ccc53)-c3cccc5cccc-4c35)nc3ccccc23)cc1. The summed E-state index contributed by atoms with van der Waals surface area (Å²) in [6, 6.07) is 124. The second kappa shape index (κ2) is 21.6. The molecule has 0 aliphatic heterocycles. The second-order valence-corrected chi connectivity index (χ2v) is 28.3. The molecule has 6 heterocycles. The van der Waals surface area contributed by atoms with E-state index in [2.05, 4.69) is 358 Å². The minimum Gasteiger partial charge on any atom is -0.309 e. The summed E-state index contributed by atoms with van der Waals surface area (Å²) in [6.45, 7) is 0. The van der Waals surface area contributed by atoms with E-state index in [-0.39, 0.29) is 0 Å². The van der Waals surface area contributed by atoms with E-state index in [9.17, 15) is 0 Å². The highest BCUT2D eigenvalue weighted by Gasteiger charge is 2.34. The van der Waals surface area contributed by atoms with E-state index in [1.807, 2.05) is 0 Å². The maximum Gasteiger partial charge on any atom is 0.235 e. The molecule has 0 spiro atoms. The van der Waals surface area contributed by atoms with Gasteiger partial charge in [-0.1, -0.05) is 261 Å². The van der Waals surface area contributed by atoms with E-state index in [4.69, 9.17) is 19.9 Å². The Bertz CT molecular complexity index is 7620. The molecule has 0 bridgehead atoms. The lowest BCUT2D eigenvalue weighted by Gasteiger charge is -2.15. The Morgan fingerprint density at radius 3 is 1.39 bits per heavy atom. The predicted octanol–water partition coefficient (Wildman–Crippen LogP) is 25.1. The molecule has 0 unspecified atom stereocenters. The van der Waals surface area contributed by atoms with Crippen molar-refractivity contribution >= 4 is 120 Å². The van der Waals surface area contributed by atoms with E-state index in [1.165, 1.54) is 92.6 Å². The van der Waals surface area contributed by atoms with Crippen molar-refractivity contribution in [1.82, 2.24) is 38.2 Å². The Morgan fingerprint density at radius 1 is 0.208 bits per heavy atom. The van der Waals surface area contributed by atoms with Crippen LogP contribution in [0.1, 0.15) is 0 Å². The fourth-order valence-corrected chi connectivity index (χ4v) is 18.3. The first kappa shape index (κ1) is 57.3. The summed E-state index contributed by atoms with van der Waals surface area (Å²) in [5.41, 5.74) is 28.8. The topological polar surface area (TPSA) is 71.3 Å². The highest BCUT2D eigenvalue weighted by Crippen LogP contribution is 2.56. The van der Waals surface area contributed by atoms with Gasteiger partial charge in [0.1, 0.15) is 0 Å². The molecule has 0 radical (unpaired) electrons. The maximum absolute atomic E-state index is 5.49. The molecule has 2 aliphatic carbocycles. The Kier molecular flexibility index (Phi) is 11.7. The van der Waals surface area contributed by atoms with Gasteiger partial charge >= 0.3 is 0 Å². The van der Waals surface area contributed by atoms with Crippen LogP contribution in [-0.2, 0) is 0 Å². The molecular weight excluding hydrogens is 1290 g/mol. The van der Waals surface area contributed by atoms with E-state index in [0.29, 0.717) is 11.9 Å². The predicted molar refractivity (Wildman–Crippen MR) is 438 cm³/mol. The van der Waals surface area contributed by atoms with E-state index in [0.717, 1.165) is 128 Å². The normalized spacial score (nSPS) is 12.3. The molecule has 8 nitrogen and oxygen atoms in total. The average Bonchev–Trinajstić information content (AvgIpc) is 1.54. The minimum absolute atomic E-state index is 0.652. The summed E-state index contributed by atoms with van der Waals surface area (Å²) in [4.78, 5) is 21.7. The van der Waals surface area contributed by atoms with Gasteiger partial charge in [0, 0.05) is 92.9 Å². The third-order valence-corrected chi connectivity index (χ3v) is 22.9. The number of para-hydroxylation sites is 4. The Morgan fingerprint density at radius 2 is 0.689 bits per heavy atom. The van der Waals surface area contributed by atoms with Gasteiger partial charge in [-0.2, -0.15) is 0 Å². The molecule has 0 saturated carbocycles. The number of benzene rings is 16. The van der Waals surface area contributed by atoms with Gasteiger partial charge in [0.15, 0.2) is 0 Å². The number of hydrogen-bond donors (Lipinski definition) is 0. The molecule has 0 saturated heterocycles. The first-order valence-electron chi connectivity index (χ1n) is 36.3. The summed E-state index contributed by atoms with van der Waals surface area (Å²) in [7, 11) is 0. The zero-order valence-corrected chi connectivity index (χ0v) is 56.9. The maximum atomic E-state index is 5.49. The van der Waals surface area contributed by atoms with Crippen LogP contribution in [0.2, 0.25) is 0 Å². The van der Waals surface area contributed by atoms with Gasteiger partial charge in [0.05, 0.1) is 72.6 Å². The number of nitrogens with zero attached hydrogens (tertiary/aromatic N) is 8. The summed E-state index contributed by atoms with van der Waals surface area (Å²) in [5, 5.41) is 16.6. The van der Waals surface area contributed by atoms with E-state index >= 15 is 0 Å². The second-order valence-electron chi connectivity index (χ2n) is 28.3. The lowest BCUT2D eigenvalue weighted by Crippen LogP contribution is -2.05. The van der Waals surface area contributed by atoms with Crippen molar-refractivity contribution in [2.45, 2.75) is 0 Å². The van der Waals surface area contributed by atoms with Crippen LogP contribution in [0.25, 0.3) is 232 Å². The molecule has 0 fully saturated rings. The highest BCUT2D eigenvalue weighted by atomic mass is 15.2. The Balaban J connectivity index is 0.635. The van der Waals surface area contributed by atoms with Gasteiger partial charge in [-0.25, -0.2) is 19.9 Å². The third kappa shape index (κ3) is 7.95. The molecule has 22 aromatic rings. The Labute approximate surface area is 606 Å². The molecule has 24 rings (SSSR count). The van der Waals surface area contributed by atoms with Gasteiger partial charge in [0.25, 0.3) is 0 Å². The molecule has 16 aromatic carbocycles. The van der Waals surface area contributed by atoms with Crippen LogP contribution in [0, 0.1) is 0 Å². The lowest BCUT2D eigenvalue weighted by atomic mass is 9.99. The molecule has 0 amide bonds. The lowest BCUT2D eigenvalue weighted by molar-refractivity contribution is 0.992. The van der Waals surface area contributed by atoms with Gasteiger partial charge in [-0.15, -0.1) is 0 Å². The summed E-state index contributed by atoms with van der Waals surface area (Å²) in [5.74, 6) is 1.31. The first-order chi connectivity index (χ1) is 52.6. The van der Waals surface area contributed by atoms with Crippen LogP contribution in [0.4, 0.5) is 0 Å². The molecule has 6 aromatic heterocycles. The smallest absolute Gasteiger partial charge is 0.235 e. The average molecular weight is 1350 g/mol. The largest absolute Gasteiger partial charge is 0.309 e. The quantitative estimate of drug-likeness (QED) is 0.152. The standard InChI is InChI=1S/C98H56N8/c1-3-21-60(22-4-1)93-68-29-9-13-36-79(68)99-97(101-93)105-82-39-16-12-31-71(82)91-74-34-19-32-70-83(53-49-76(89(70)74)96(91)105)104-81-38-15-11-28-67(81)77-54-63(45-50-84(77)104)64-42-48-72-87(56-64)103(86-52-43-58-20-7-8-27-66(58)90(72)86)65-46-40-57(41-47-65)62-44-51-85-78(55-62)92-73-33-17-25-59-26-18-35-75(88(59)73)95(92)106(85)98-100-80-37-14-10-30-69(80)94(102-98)61-23-5-2-6-24-61/h1-56H. The van der Waals surface area contributed by atoms with Crippen LogP contribution >= 0.6 is 0 Å². The monoisotopic (exact) mass is 1340 g/mol. The van der Waals surface area contributed by atoms with Crippen LogP contribution in [-0.4, -0.2) is 38.2 Å². The molecule has 0 atom stereocenters. The fourth-order valence-electron chi connectivity index (χ4n) is 18.3. The molecule has 8 heteroatoms. The van der Waals surface area contributed by atoms with E-state index in [1.54, 1.807) is 0 Å². The molecule has 2 aliphatic rings. The summed E-state index contributed by atoms with van der Waals surface area (Å²) in [6.07, 6.45) is 0.